The minimum Gasteiger partial charge on any atom is -0.489 e. The van der Waals surface area contributed by atoms with Crippen LogP contribution in [0, 0.1) is 0 Å². The number of aliphatic carboxylic acids is 2. The number of nitrogens with one attached hydrogen (secondary N) is 1. The van der Waals surface area contributed by atoms with Crippen LogP contribution in [0.3, 0.4) is 0 Å². The molecule has 0 atom stereocenters. The summed E-state index contributed by atoms with van der Waals surface area (Å²) >= 11 is 0. The topological polar surface area (TPSA) is 116 Å². The molecule has 4 N–H and O–H groups in total. The van der Waals surface area contributed by atoms with Crippen molar-refractivity contribution in [2.24, 2.45) is 0 Å². The van der Waals surface area contributed by atoms with Gasteiger partial charge in [-0.3, -0.25) is 9.59 Å². The van der Waals surface area contributed by atoms with Crippen molar-refractivity contribution in [3.05, 3.63) is 65.2 Å². The number of hydrogen-bond acceptors (Lipinski definition) is 5. The predicted octanol–water partition coefficient (Wildman–Crippen LogP) is 4.33. The van der Waals surface area contributed by atoms with E-state index in [-0.39, 0.29) is 5.56 Å². The molecule has 7 heteroatoms. The number of hydrogen-bond donors (Lipinski definition) is 4. The van der Waals surface area contributed by atoms with Crippen LogP contribution in [0.5, 0.6) is 5.75 Å². The highest BCUT2D eigenvalue weighted by molar-refractivity contribution is 5.98. The van der Waals surface area contributed by atoms with Crippen LogP contribution >= 0.6 is 0 Å². The second-order valence-corrected chi connectivity index (χ2v) is 8.35. The van der Waals surface area contributed by atoms with Crippen molar-refractivity contribution >= 4 is 11.9 Å². The summed E-state index contributed by atoms with van der Waals surface area (Å²) in [7, 11) is 0. The van der Waals surface area contributed by atoms with Gasteiger partial charge >= 0.3 is 11.9 Å². The van der Waals surface area contributed by atoms with Gasteiger partial charge in [-0.05, 0) is 67.5 Å². The second-order valence-electron chi connectivity index (χ2n) is 8.35. The number of carbonyl (C=O) groups is 2. The third-order valence-corrected chi connectivity index (χ3v) is 6.00. The summed E-state index contributed by atoms with van der Waals surface area (Å²) in [6.45, 7) is 5.96. The molecule has 180 valence electrons. The van der Waals surface area contributed by atoms with E-state index in [1.54, 1.807) is 12.1 Å². The molecule has 0 aliphatic carbocycles. The number of carboxylic acids is 2. The zero-order valence-electron chi connectivity index (χ0n) is 19.4. The van der Waals surface area contributed by atoms with Gasteiger partial charge in [0.15, 0.2) is 5.92 Å². The van der Waals surface area contributed by atoms with E-state index >= 15 is 0 Å². The van der Waals surface area contributed by atoms with E-state index in [2.05, 4.69) is 5.32 Å². The molecule has 0 aliphatic rings. The third kappa shape index (κ3) is 8.51. The van der Waals surface area contributed by atoms with Crippen LogP contribution in [0.2, 0.25) is 0 Å². The number of rotatable bonds is 15. The molecule has 0 amide bonds. The zero-order valence-corrected chi connectivity index (χ0v) is 19.4. The van der Waals surface area contributed by atoms with Gasteiger partial charge in [0.2, 0.25) is 0 Å². The maximum atomic E-state index is 11.1. The maximum absolute atomic E-state index is 11.1. The molecule has 0 spiro atoms. The van der Waals surface area contributed by atoms with Crippen molar-refractivity contribution in [3.8, 4) is 5.75 Å². The van der Waals surface area contributed by atoms with Gasteiger partial charge in [0.05, 0.1) is 5.60 Å². The standard InChI is InChI=1S/C26H35NO6/c1-3-26(32,4-2)14-5-6-15-27-17-20-8-7-9-22(16-20)33-18-19-10-12-21(13-11-19)23(24(28)29)25(30)31/h7-13,16,23,27,32H,3-6,14-15,17-18H2,1-2H3,(H,28,29)(H,30,31). The normalized spacial score (nSPS) is 11.5. The molecule has 0 saturated carbocycles. The zero-order chi connectivity index (χ0) is 24.3. The van der Waals surface area contributed by atoms with Crippen molar-refractivity contribution in [3.63, 3.8) is 0 Å². The van der Waals surface area contributed by atoms with E-state index < -0.39 is 23.5 Å². The minimum absolute atomic E-state index is 0.223. The monoisotopic (exact) mass is 457 g/mol. The summed E-state index contributed by atoms with van der Waals surface area (Å²) in [4.78, 5) is 22.3. The van der Waals surface area contributed by atoms with E-state index in [1.165, 1.54) is 12.1 Å². The van der Waals surface area contributed by atoms with Crippen molar-refractivity contribution < 1.29 is 29.6 Å². The first kappa shape index (κ1) is 26.4. The van der Waals surface area contributed by atoms with Gasteiger partial charge in [0.25, 0.3) is 0 Å². The van der Waals surface area contributed by atoms with Crippen LogP contribution < -0.4 is 10.1 Å². The van der Waals surface area contributed by atoms with Crippen LogP contribution in [0.25, 0.3) is 0 Å². The van der Waals surface area contributed by atoms with Gasteiger partial charge in [-0.2, -0.15) is 0 Å². The van der Waals surface area contributed by atoms with Crippen LogP contribution in [0.1, 0.15) is 68.6 Å². The van der Waals surface area contributed by atoms with E-state index in [0.717, 1.165) is 62.1 Å². The lowest BCUT2D eigenvalue weighted by molar-refractivity contribution is -0.150. The highest BCUT2D eigenvalue weighted by atomic mass is 16.5. The summed E-state index contributed by atoms with van der Waals surface area (Å²) in [5, 5.41) is 31.9. The third-order valence-electron chi connectivity index (χ3n) is 6.00. The Morgan fingerprint density at radius 1 is 0.970 bits per heavy atom. The first-order valence-corrected chi connectivity index (χ1v) is 11.5. The largest absolute Gasteiger partial charge is 0.489 e. The minimum atomic E-state index is -1.58. The fraction of sp³-hybridized carbons (Fsp3) is 0.462. The number of ether oxygens (including phenoxy) is 1. The van der Waals surface area contributed by atoms with Gasteiger partial charge in [-0.25, -0.2) is 0 Å². The number of unbranched alkanes of at least 4 members (excludes halogenated alkanes) is 1. The Balaban J connectivity index is 1.78. The SMILES string of the molecule is CCC(O)(CC)CCCCNCc1cccc(OCc2ccc(C(C(=O)O)C(=O)O)cc2)c1. The van der Waals surface area contributed by atoms with Crippen molar-refractivity contribution in [2.45, 2.75) is 70.6 Å². The maximum Gasteiger partial charge on any atom is 0.322 e. The van der Waals surface area contributed by atoms with Gasteiger partial charge < -0.3 is 25.4 Å². The molecular weight excluding hydrogens is 422 g/mol. The van der Waals surface area contributed by atoms with E-state index in [9.17, 15) is 14.7 Å². The average molecular weight is 458 g/mol. The summed E-state index contributed by atoms with van der Waals surface area (Å²) in [6, 6.07) is 14.2. The number of benzene rings is 2. The summed E-state index contributed by atoms with van der Waals surface area (Å²) in [5.74, 6) is -3.63. The molecular formula is C26H35NO6. The smallest absolute Gasteiger partial charge is 0.322 e. The molecule has 0 unspecified atom stereocenters. The molecule has 0 fully saturated rings. The van der Waals surface area contributed by atoms with Gasteiger partial charge in [0.1, 0.15) is 12.4 Å². The Morgan fingerprint density at radius 3 is 2.24 bits per heavy atom. The first-order valence-electron chi connectivity index (χ1n) is 11.5. The van der Waals surface area contributed by atoms with Crippen LogP contribution in [-0.4, -0.2) is 39.4 Å². The van der Waals surface area contributed by atoms with Crippen molar-refractivity contribution in [1.82, 2.24) is 5.32 Å². The van der Waals surface area contributed by atoms with Crippen LogP contribution in [0.4, 0.5) is 0 Å². The molecule has 33 heavy (non-hydrogen) atoms. The molecule has 0 radical (unpaired) electrons. The van der Waals surface area contributed by atoms with E-state index in [1.807, 2.05) is 38.1 Å². The molecule has 0 heterocycles. The van der Waals surface area contributed by atoms with Gasteiger partial charge in [-0.15, -0.1) is 0 Å². The lowest BCUT2D eigenvalue weighted by atomic mass is 9.91. The molecule has 2 aromatic rings. The Kier molecular flexibility index (Phi) is 10.4. The number of carboxylic acid groups (broad SMARTS) is 2. The van der Waals surface area contributed by atoms with Crippen LogP contribution in [-0.2, 0) is 22.7 Å². The van der Waals surface area contributed by atoms with Crippen LogP contribution in [0.15, 0.2) is 48.5 Å². The highest BCUT2D eigenvalue weighted by Gasteiger charge is 2.27. The van der Waals surface area contributed by atoms with Gasteiger partial charge in [-0.1, -0.05) is 50.2 Å². The Hall–Kier alpha value is -2.90. The van der Waals surface area contributed by atoms with Crippen molar-refractivity contribution in [1.29, 1.82) is 0 Å². The summed E-state index contributed by atoms with van der Waals surface area (Å²) < 4.78 is 5.85. The quantitative estimate of drug-likeness (QED) is 0.232. The highest BCUT2D eigenvalue weighted by Crippen LogP contribution is 2.22. The first-order chi connectivity index (χ1) is 15.8. The fourth-order valence-corrected chi connectivity index (χ4v) is 3.65. The Labute approximate surface area is 195 Å². The Bertz CT molecular complexity index is 878. The Morgan fingerprint density at radius 2 is 1.64 bits per heavy atom. The summed E-state index contributed by atoms with van der Waals surface area (Å²) in [6.07, 6.45) is 4.42. The molecule has 7 nitrogen and oxygen atoms in total. The van der Waals surface area contributed by atoms with Gasteiger partial charge in [0, 0.05) is 6.54 Å². The molecule has 0 saturated heterocycles. The predicted molar refractivity (Wildman–Crippen MR) is 126 cm³/mol. The average Bonchev–Trinajstić information content (AvgIpc) is 2.80. The second kappa shape index (κ2) is 13.0. The fourth-order valence-electron chi connectivity index (χ4n) is 3.65. The molecule has 2 rings (SSSR count). The summed E-state index contributed by atoms with van der Waals surface area (Å²) in [5.41, 5.74) is 1.62. The molecule has 2 aromatic carbocycles. The van der Waals surface area contributed by atoms with E-state index in [4.69, 9.17) is 14.9 Å². The number of aliphatic hydroxyl groups is 1. The molecule has 0 bridgehead atoms. The van der Waals surface area contributed by atoms with Crippen molar-refractivity contribution in [2.75, 3.05) is 6.54 Å². The van der Waals surface area contributed by atoms with E-state index in [0.29, 0.717) is 6.61 Å². The molecule has 0 aliphatic heterocycles. The lowest BCUT2D eigenvalue weighted by Crippen LogP contribution is -2.26. The molecule has 0 aromatic heterocycles. The lowest BCUT2D eigenvalue weighted by Gasteiger charge is -2.24.